The lowest BCUT2D eigenvalue weighted by Gasteiger charge is -2.12. The van der Waals surface area contributed by atoms with Crippen LogP contribution in [-0.4, -0.2) is 31.1 Å². The van der Waals surface area contributed by atoms with E-state index in [-0.39, 0.29) is 5.65 Å². The third kappa shape index (κ3) is 5.01. The van der Waals surface area contributed by atoms with Gasteiger partial charge >= 0.3 is 0 Å². The maximum atomic E-state index is 6.44. The smallest absolute Gasteiger partial charge is 0.245 e. The van der Waals surface area contributed by atoms with Crippen LogP contribution in [0.3, 0.4) is 0 Å². The molecule has 0 radical (unpaired) electrons. The molecule has 3 heterocycles. The number of aryl methyl sites for hydroxylation is 1. The first kappa shape index (κ1) is 24.8. The van der Waals surface area contributed by atoms with Crippen LogP contribution in [0.4, 0.5) is 17.3 Å². The summed E-state index contributed by atoms with van der Waals surface area (Å²) in [6.45, 7) is 4.68. The molecule has 0 fully saturated rings. The Kier molecular flexibility index (Phi) is 6.60. The van der Waals surface area contributed by atoms with E-state index in [2.05, 4.69) is 65.8 Å². The van der Waals surface area contributed by atoms with Gasteiger partial charge in [0.1, 0.15) is 0 Å². The Labute approximate surface area is 233 Å². The number of rotatable bonds is 7. The SMILES string of the molecule is Cc1cccc(Nc2nc3nonc3nc2N/N=C\c2cn(Cc3ccc(Cl)cc3Cl)c3ccccc23)c1C. The molecule has 2 N–H and O–H groups in total. The number of fused-ring (bicyclic) bond motifs is 2. The Morgan fingerprint density at radius 2 is 1.74 bits per heavy atom. The van der Waals surface area contributed by atoms with E-state index in [1.165, 1.54) is 0 Å². The van der Waals surface area contributed by atoms with Gasteiger partial charge in [0.2, 0.25) is 11.3 Å². The maximum absolute atomic E-state index is 6.44. The van der Waals surface area contributed by atoms with Crippen LogP contribution in [0, 0.1) is 13.8 Å². The molecular weight excluding hydrogens is 535 g/mol. The molecule has 9 nitrogen and oxygen atoms in total. The van der Waals surface area contributed by atoms with Crippen molar-refractivity contribution in [3.05, 3.63) is 99.2 Å². The number of hydrogen-bond donors (Lipinski definition) is 2. The van der Waals surface area contributed by atoms with Gasteiger partial charge in [-0.2, -0.15) is 10.1 Å². The minimum Gasteiger partial charge on any atom is -0.342 e. The van der Waals surface area contributed by atoms with E-state index < -0.39 is 0 Å². The highest BCUT2D eigenvalue weighted by Crippen LogP contribution is 2.28. The average Bonchev–Trinajstić information content (AvgIpc) is 3.52. The summed E-state index contributed by atoms with van der Waals surface area (Å²) in [4.78, 5) is 9.05. The predicted molar refractivity (Wildman–Crippen MR) is 155 cm³/mol. The van der Waals surface area contributed by atoms with Crippen LogP contribution in [0.1, 0.15) is 22.3 Å². The molecule has 6 rings (SSSR count). The Hall–Kier alpha value is -4.47. The van der Waals surface area contributed by atoms with E-state index in [0.717, 1.165) is 38.8 Å². The van der Waals surface area contributed by atoms with Crippen LogP contribution < -0.4 is 10.7 Å². The van der Waals surface area contributed by atoms with Gasteiger partial charge in [-0.15, -0.1) is 0 Å². The first-order chi connectivity index (χ1) is 19.0. The van der Waals surface area contributed by atoms with Crippen LogP contribution in [-0.2, 0) is 6.54 Å². The Balaban J connectivity index is 1.31. The number of aromatic nitrogens is 5. The highest BCUT2D eigenvalue weighted by Gasteiger charge is 2.14. The first-order valence-electron chi connectivity index (χ1n) is 12.1. The van der Waals surface area contributed by atoms with Crippen molar-refractivity contribution >= 4 is 68.9 Å². The van der Waals surface area contributed by atoms with Crippen molar-refractivity contribution in [1.82, 2.24) is 24.8 Å². The van der Waals surface area contributed by atoms with E-state index in [4.69, 9.17) is 27.8 Å². The quantitative estimate of drug-likeness (QED) is 0.159. The molecule has 0 aliphatic carbocycles. The molecule has 0 saturated carbocycles. The zero-order valence-corrected chi connectivity index (χ0v) is 22.5. The van der Waals surface area contributed by atoms with Gasteiger partial charge in [-0.3, -0.25) is 5.43 Å². The number of hydrogen-bond acceptors (Lipinski definition) is 8. The van der Waals surface area contributed by atoms with Gasteiger partial charge in [-0.25, -0.2) is 9.61 Å². The topological polar surface area (TPSA) is 106 Å². The zero-order valence-electron chi connectivity index (χ0n) is 21.0. The Morgan fingerprint density at radius 3 is 2.56 bits per heavy atom. The van der Waals surface area contributed by atoms with Gasteiger partial charge in [0.25, 0.3) is 0 Å². The largest absolute Gasteiger partial charge is 0.342 e. The summed E-state index contributed by atoms with van der Waals surface area (Å²) in [7, 11) is 0. The standard InChI is InChI=1S/C28H22Cl2N8O/c1-16-6-5-8-23(17(16)2)32-25-26(34-28-27(33-25)36-39-37-28)35-31-13-19-15-38(24-9-4-3-7-21(19)24)14-18-10-11-20(29)12-22(18)30/h3-13,15H,14H2,1-2H3,(H,32,33,36)(H,34,35,37)/b31-13-. The molecule has 0 atom stereocenters. The van der Waals surface area contributed by atoms with Crippen molar-refractivity contribution in [2.45, 2.75) is 20.4 Å². The molecule has 11 heteroatoms. The summed E-state index contributed by atoms with van der Waals surface area (Å²) in [5.74, 6) is 0.830. The van der Waals surface area contributed by atoms with Crippen molar-refractivity contribution in [2.24, 2.45) is 5.10 Å². The molecule has 0 unspecified atom stereocenters. The van der Waals surface area contributed by atoms with Crippen LogP contribution in [0.2, 0.25) is 10.0 Å². The summed E-state index contributed by atoms with van der Waals surface area (Å²) in [6, 6.07) is 19.7. The number of hydrazone groups is 1. The van der Waals surface area contributed by atoms with Crippen LogP contribution in [0.15, 0.2) is 76.6 Å². The maximum Gasteiger partial charge on any atom is 0.245 e. The molecule has 3 aromatic heterocycles. The second kappa shape index (κ2) is 10.4. The van der Waals surface area contributed by atoms with Crippen molar-refractivity contribution in [1.29, 1.82) is 0 Å². The fourth-order valence-electron chi connectivity index (χ4n) is 4.32. The second-order valence-electron chi connectivity index (χ2n) is 9.04. The number of anilines is 3. The molecule has 0 bridgehead atoms. The van der Waals surface area contributed by atoms with Gasteiger partial charge in [-0.1, -0.05) is 59.6 Å². The van der Waals surface area contributed by atoms with Crippen molar-refractivity contribution < 1.29 is 4.63 Å². The zero-order chi connectivity index (χ0) is 26.9. The molecule has 0 aliphatic rings. The minimum atomic E-state index is 0.274. The monoisotopic (exact) mass is 556 g/mol. The Bertz CT molecular complexity index is 1860. The number of para-hydroxylation sites is 1. The van der Waals surface area contributed by atoms with Crippen molar-refractivity contribution in [3.63, 3.8) is 0 Å². The highest BCUT2D eigenvalue weighted by atomic mass is 35.5. The summed E-state index contributed by atoms with van der Waals surface area (Å²) >= 11 is 12.5. The molecule has 0 spiro atoms. The highest BCUT2D eigenvalue weighted by molar-refractivity contribution is 6.35. The average molecular weight is 557 g/mol. The van der Waals surface area contributed by atoms with Gasteiger partial charge in [0.05, 0.1) is 6.21 Å². The van der Waals surface area contributed by atoms with Gasteiger partial charge in [0, 0.05) is 44.9 Å². The van der Waals surface area contributed by atoms with Crippen LogP contribution >= 0.6 is 23.2 Å². The van der Waals surface area contributed by atoms with E-state index >= 15 is 0 Å². The van der Waals surface area contributed by atoms with Gasteiger partial charge in [-0.05, 0) is 65.1 Å². The molecule has 39 heavy (non-hydrogen) atoms. The molecule has 0 saturated heterocycles. The van der Waals surface area contributed by atoms with Crippen molar-refractivity contribution in [2.75, 3.05) is 10.7 Å². The lowest BCUT2D eigenvalue weighted by atomic mass is 10.1. The third-order valence-corrected chi connectivity index (χ3v) is 7.11. The number of halogens is 2. The van der Waals surface area contributed by atoms with E-state index in [1.54, 1.807) is 12.3 Å². The second-order valence-corrected chi connectivity index (χ2v) is 9.88. The van der Waals surface area contributed by atoms with Crippen LogP contribution in [0.5, 0.6) is 0 Å². The summed E-state index contributed by atoms with van der Waals surface area (Å²) < 4.78 is 6.95. The van der Waals surface area contributed by atoms with E-state index in [1.807, 2.05) is 49.5 Å². The fraction of sp³-hybridized carbons (Fsp3) is 0.107. The minimum absolute atomic E-state index is 0.274. The third-order valence-electron chi connectivity index (χ3n) is 6.52. The molecule has 6 aromatic rings. The number of nitrogens with zero attached hydrogens (tertiary/aromatic N) is 6. The molecule has 194 valence electrons. The molecule has 0 aliphatic heterocycles. The fourth-order valence-corrected chi connectivity index (χ4v) is 4.79. The normalized spacial score (nSPS) is 11.6. The van der Waals surface area contributed by atoms with E-state index in [0.29, 0.717) is 33.9 Å². The summed E-state index contributed by atoms with van der Waals surface area (Å²) in [5, 5.41) is 17.7. The summed E-state index contributed by atoms with van der Waals surface area (Å²) in [5.41, 5.74) is 9.67. The number of nitrogens with one attached hydrogen (secondary N) is 2. The lowest BCUT2D eigenvalue weighted by molar-refractivity contribution is 0.314. The van der Waals surface area contributed by atoms with Gasteiger partial charge < -0.3 is 9.88 Å². The number of benzene rings is 3. The molecule has 0 amide bonds. The summed E-state index contributed by atoms with van der Waals surface area (Å²) in [6.07, 6.45) is 3.78. The predicted octanol–water partition coefficient (Wildman–Crippen LogP) is 7.13. The lowest BCUT2D eigenvalue weighted by Crippen LogP contribution is -2.04. The first-order valence-corrected chi connectivity index (χ1v) is 12.9. The molecular formula is C28H22Cl2N8O. The Morgan fingerprint density at radius 1 is 0.949 bits per heavy atom. The van der Waals surface area contributed by atoms with Gasteiger partial charge in [0.15, 0.2) is 11.6 Å². The van der Waals surface area contributed by atoms with Crippen molar-refractivity contribution in [3.8, 4) is 0 Å². The van der Waals surface area contributed by atoms with E-state index in [9.17, 15) is 0 Å². The van der Waals surface area contributed by atoms with Crippen LogP contribution in [0.25, 0.3) is 22.2 Å². The molecule has 3 aromatic carbocycles.